The van der Waals surface area contributed by atoms with E-state index < -0.39 is 47.2 Å². The number of ether oxygens (including phenoxy) is 1. The molecule has 0 unspecified atom stereocenters. The van der Waals surface area contributed by atoms with Gasteiger partial charge in [-0.3, -0.25) is 9.36 Å². The molecule has 1 aliphatic heterocycles. The number of nitrogens with two attached hydrogens (primary N) is 3. The predicted molar refractivity (Wildman–Crippen MR) is 149 cm³/mol. The number of carbonyl (C=O) groups excluding carboxylic acids is 1. The van der Waals surface area contributed by atoms with Crippen molar-refractivity contribution in [2.45, 2.75) is 24.5 Å². The van der Waals surface area contributed by atoms with E-state index in [9.17, 15) is 23.4 Å². The minimum absolute atomic E-state index is 0.0161. The number of aliphatic hydroxyl groups is 2. The lowest BCUT2D eigenvalue weighted by Crippen LogP contribution is -2.50. The summed E-state index contributed by atoms with van der Waals surface area (Å²) < 4.78 is 35.6. The fourth-order valence-corrected chi connectivity index (χ4v) is 5.17. The number of hydrogen-bond donors (Lipinski definition) is 8. The Kier molecular flexibility index (Phi) is 7.47. The number of para-hydroxylation sites is 1. The number of amides is 1. The molecule has 2 aromatic carbocycles. The first kappa shape index (κ1) is 28.1. The number of nitrogens with one attached hydrogen (secondary N) is 3. The van der Waals surface area contributed by atoms with Gasteiger partial charge in [-0.2, -0.15) is 23.1 Å². The number of fused-ring (bicyclic) bond motifs is 1. The standard InChI is InChI=1S/C24H28N10O6S/c25-9-13-4-3-5-14(8-13)30-23-31-20(27)18-21(32-23)34(12-28-18)24(37)11-40-17(19(24)35)10-29-41(38,39)33-22(36)15-6-1-2-7-16(15)26/h1-8,12,17,19,29,35,37H,9-11,25-26H2,(H,33,36)(H3,27,30,31,32)/t17-,19-,24+/m1/s1. The van der Waals surface area contributed by atoms with Gasteiger partial charge in [-0.25, -0.2) is 9.71 Å². The molecule has 3 heterocycles. The van der Waals surface area contributed by atoms with Crippen molar-refractivity contribution in [1.82, 2.24) is 29.0 Å². The second kappa shape index (κ2) is 10.9. The highest BCUT2D eigenvalue weighted by atomic mass is 32.2. The summed E-state index contributed by atoms with van der Waals surface area (Å²) in [6, 6.07) is 13.2. The molecular formula is C24H28N10O6S. The van der Waals surface area contributed by atoms with E-state index in [2.05, 4.69) is 25.0 Å². The topological polar surface area (TPSA) is 259 Å². The summed E-state index contributed by atoms with van der Waals surface area (Å²) in [5.74, 6) is -0.828. The minimum atomic E-state index is -4.38. The van der Waals surface area contributed by atoms with Gasteiger partial charge in [0.05, 0.1) is 18.5 Å². The van der Waals surface area contributed by atoms with Gasteiger partial charge in [-0.05, 0) is 29.8 Å². The molecular weight excluding hydrogens is 556 g/mol. The van der Waals surface area contributed by atoms with Gasteiger partial charge >= 0.3 is 10.2 Å². The number of carbonyl (C=O) groups is 1. The molecule has 216 valence electrons. The van der Waals surface area contributed by atoms with E-state index in [1.54, 1.807) is 12.1 Å². The first-order chi connectivity index (χ1) is 19.5. The summed E-state index contributed by atoms with van der Waals surface area (Å²) in [6.45, 7) is -0.588. The molecule has 0 aliphatic carbocycles. The Labute approximate surface area is 233 Å². The number of nitrogens with zero attached hydrogens (tertiary/aromatic N) is 4. The molecule has 5 rings (SSSR count). The van der Waals surface area contributed by atoms with Crippen LogP contribution in [-0.2, 0) is 27.2 Å². The van der Waals surface area contributed by atoms with Gasteiger partial charge in [0.1, 0.15) is 17.7 Å². The number of nitrogen functional groups attached to an aromatic ring is 2. The fourth-order valence-electron chi connectivity index (χ4n) is 4.36. The highest BCUT2D eigenvalue weighted by Gasteiger charge is 2.50. The number of imidazole rings is 1. The molecule has 0 radical (unpaired) electrons. The number of rotatable bonds is 9. The Morgan fingerprint density at radius 3 is 2.71 bits per heavy atom. The molecule has 1 amide bonds. The maximum Gasteiger partial charge on any atom is 0.301 e. The van der Waals surface area contributed by atoms with E-state index in [1.807, 2.05) is 22.9 Å². The largest absolute Gasteiger partial charge is 0.398 e. The number of aliphatic hydroxyl groups excluding tert-OH is 1. The number of anilines is 4. The maximum absolute atomic E-state index is 12.5. The van der Waals surface area contributed by atoms with Crippen molar-refractivity contribution in [1.29, 1.82) is 0 Å². The molecule has 0 spiro atoms. The molecule has 11 N–H and O–H groups in total. The Morgan fingerprint density at radius 1 is 1.17 bits per heavy atom. The van der Waals surface area contributed by atoms with Gasteiger partial charge in [-0.15, -0.1) is 0 Å². The summed E-state index contributed by atoms with van der Waals surface area (Å²) in [5, 5.41) is 25.5. The zero-order valence-corrected chi connectivity index (χ0v) is 22.2. The lowest BCUT2D eigenvalue weighted by molar-refractivity contribution is -0.107. The second-order valence-electron chi connectivity index (χ2n) is 9.29. The molecule has 16 nitrogen and oxygen atoms in total. The van der Waals surface area contributed by atoms with Gasteiger partial charge in [0.2, 0.25) is 5.95 Å². The molecule has 3 atom stereocenters. The highest BCUT2D eigenvalue weighted by Crippen LogP contribution is 2.33. The van der Waals surface area contributed by atoms with Crippen LogP contribution in [0, 0.1) is 0 Å². The predicted octanol–water partition coefficient (Wildman–Crippen LogP) is -1.14. The number of hydrogen-bond acceptors (Lipinski definition) is 13. The van der Waals surface area contributed by atoms with E-state index in [-0.39, 0.29) is 34.2 Å². The van der Waals surface area contributed by atoms with Gasteiger partial charge in [0, 0.05) is 24.5 Å². The van der Waals surface area contributed by atoms with Gasteiger partial charge in [0.15, 0.2) is 17.2 Å². The average molecular weight is 585 g/mol. The molecule has 17 heteroatoms. The third kappa shape index (κ3) is 5.62. The molecule has 2 aromatic heterocycles. The quantitative estimate of drug-likeness (QED) is 0.108. The summed E-state index contributed by atoms with van der Waals surface area (Å²) in [4.78, 5) is 25.2. The van der Waals surface area contributed by atoms with Crippen LogP contribution in [0.25, 0.3) is 11.2 Å². The Balaban J connectivity index is 1.32. The molecule has 0 bridgehead atoms. The van der Waals surface area contributed by atoms with Crippen molar-refractivity contribution in [3.8, 4) is 0 Å². The molecule has 4 aromatic rings. The summed E-state index contributed by atoms with van der Waals surface area (Å²) in [7, 11) is -4.38. The van der Waals surface area contributed by atoms with Crippen LogP contribution in [-0.4, -0.2) is 69.4 Å². The lowest BCUT2D eigenvalue weighted by atomic mass is 10.1. The Hall–Kier alpha value is -4.39. The number of benzene rings is 2. The van der Waals surface area contributed by atoms with Gasteiger partial charge in [0.25, 0.3) is 5.91 Å². The number of aromatic nitrogens is 4. The average Bonchev–Trinajstić information content (AvgIpc) is 3.49. The van der Waals surface area contributed by atoms with Crippen LogP contribution in [0.3, 0.4) is 0 Å². The van der Waals surface area contributed by atoms with Crippen LogP contribution in [0.2, 0.25) is 0 Å². The van der Waals surface area contributed by atoms with Crippen molar-refractivity contribution in [2.24, 2.45) is 5.73 Å². The van der Waals surface area contributed by atoms with Crippen LogP contribution in [0.4, 0.5) is 23.1 Å². The van der Waals surface area contributed by atoms with E-state index in [0.29, 0.717) is 12.2 Å². The van der Waals surface area contributed by atoms with Crippen LogP contribution in [0.15, 0.2) is 54.9 Å². The lowest BCUT2D eigenvalue weighted by Gasteiger charge is -2.28. The molecule has 1 fully saturated rings. The van der Waals surface area contributed by atoms with Crippen molar-refractivity contribution >= 4 is 50.4 Å². The summed E-state index contributed by atoms with van der Waals surface area (Å²) in [6.07, 6.45) is -1.63. The molecule has 1 aliphatic rings. The summed E-state index contributed by atoms with van der Waals surface area (Å²) >= 11 is 0. The monoisotopic (exact) mass is 584 g/mol. The molecule has 0 saturated carbocycles. The van der Waals surface area contributed by atoms with Gasteiger partial charge in [-0.1, -0.05) is 24.3 Å². The van der Waals surface area contributed by atoms with E-state index >= 15 is 0 Å². The van der Waals surface area contributed by atoms with Crippen LogP contribution >= 0.6 is 0 Å². The van der Waals surface area contributed by atoms with Crippen molar-refractivity contribution in [3.05, 3.63) is 66.0 Å². The SMILES string of the molecule is NCc1cccc(Nc2nc(N)c3ncn([C@]4(O)CO[C@H](CNS(=O)(=O)NC(=O)c5ccccc5N)[C@H]4O)c3n2)c1. The van der Waals surface area contributed by atoms with E-state index in [4.69, 9.17) is 21.9 Å². The van der Waals surface area contributed by atoms with Crippen LogP contribution < -0.4 is 32.0 Å². The third-order valence-corrected chi connectivity index (χ3v) is 7.50. The van der Waals surface area contributed by atoms with Crippen molar-refractivity contribution < 1.29 is 28.2 Å². The van der Waals surface area contributed by atoms with Crippen LogP contribution in [0.5, 0.6) is 0 Å². The van der Waals surface area contributed by atoms with Crippen LogP contribution in [0.1, 0.15) is 15.9 Å². The normalized spacial score (nSPS) is 20.8. The molecule has 1 saturated heterocycles. The smallest absolute Gasteiger partial charge is 0.301 e. The third-order valence-electron chi connectivity index (χ3n) is 6.50. The Bertz CT molecular complexity index is 1710. The Morgan fingerprint density at radius 2 is 1.95 bits per heavy atom. The maximum atomic E-state index is 12.5. The first-order valence-corrected chi connectivity index (χ1v) is 13.7. The second-order valence-corrected chi connectivity index (χ2v) is 10.8. The van der Waals surface area contributed by atoms with E-state index in [0.717, 1.165) is 5.56 Å². The first-order valence-electron chi connectivity index (χ1n) is 12.3. The van der Waals surface area contributed by atoms with Gasteiger partial charge < -0.3 is 37.5 Å². The van der Waals surface area contributed by atoms with Crippen molar-refractivity contribution in [3.63, 3.8) is 0 Å². The minimum Gasteiger partial charge on any atom is -0.398 e. The highest BCUT2D eigenvalue weighted by molar-refractivity contribution is 7.88. The zero-order chi connectivity index (χ0) is 29.4. The fraction of sp³-hybridized carbons (Fsp3) is 0.250. The van der Waals surface area contributed by atoms with E-state index in [1.165, 1.54) is 29.1 Å². The summed E-state index contributed by atoms with van der Waals surface area (Å²) in [5.41, 5.74) is 17.3. The van der Waals surface area contributed by atoms with Crippen molar-refractivity contribution in [2.75, 3.05) is 29.9 Å². The zero-order valence-electron chi connectivity index (χ0n) is 21.4. The molecule has 41 heavy (non-hydrogen) atoms.